The number of carbonyl (C=O) groups is 1. The van der Waals surface area contributed by atoms with E-state index in [2.05, 4.69) is 26.1 Å². The molecule has 0 aromatic rings. The van der Waals surface area contributed by atoms with Crippen LogP contribution in [0.4, 0.5) is 8.78 Å². The highest BCUT2D eigenvalue weighted by Gasteiger charge is 2.38. The number of amides is 1. The Bertz CT molecular complexity index is 362. The molecular weight excluding hydrogens is 286 g/mol. The van der Waals surface area contributed by atoms with Gasteiger partial charge in [-0.05, 0) is 43.9 Å². The van der Waals surface area contributed by atoms with Crippen LogP contribution in [-0.4, -0.2) is 24.4 Å². The SMILES string of the molecule is CC(N)CCC(C)(CNC(=O)C1CCC(F)(F)CC1)C(C)C. The minimum absolute atomic E-state index is 0.0120. The maximum absolute atomic E-state index is 13.2. The Morgan fingerprint density at radius 3 is 2.32 bits per heavy atom. The molecule has 0 bridgehead atoms. The molecule has 0 aliphatic heterocycles. The van der Waals surface area contributed by atoms with E-state index in [0.717, 1.165) is 12.8 Å². The van der Waals surface area contributed by atoms with E-state index in [9.17, 15) is 13.6 Å². The second-order valence-electron chi connectivity index (χ2n) is 7.67. The Kier molecular flexibility index (Phi) is 6.78. The fourth-order valence-electron chi connectivity index (χ4n) is 2.87. The van der Waals surface area contributed by atoms with Gasteiger partial charge in [0.1, 0.15) is 0 Å². The molecule has 0 spiro atoms. The van der Waals surface area contributed by atoms with Crippen LogP contribution in [0, 0.1) is 17.3 Å². The summed E-state index contributed by atoms with van der Waals surface area (Å²) in [5.41, 5.74) is 5.83. The van der Waals surface area contributed by atoms with E-state index < -0.39 is 5.92 Å². The normalized spacial score (nSPS) is 23.1. The maximum Gasteiger partial charge on any atom is 0.248 e. The van der Waals surface area contributed by atoms with Crippen molar-refractivity contribution in [3.63, 3.8) is 0 Å². The highest BCUT2D eigenvalue weighted by atomic mass is 19.3. The van der Waals surface area contributed by atoms with Crippen molar-refractivity contribution in [3.05, 3.63) is 0 Å². The van der Waals surface area contributed by atoms with Gasteiger partial charge in [-0.15, -0.1) is 0 Å². The van der Waals surface area contributed by atoms with Crippen molar-refractivity contribution in [1.82, 2.24) is 5.32 Å². The number of nitrogens with one attached hydrogen (secondary N) is 1. The summed E-state index contributed by atoms with van der Waals surface area (Å²) in [5, 5.41) is 3.00. The van der Waals surface area contributed by atoms with Crippen LogP contribution in [-0.2, 0) is 4.79 Å². The third-order valence-electron chi connectivity index (χ3n) is 5.32. The Morgan fingerprint density at radius 2 is 1.86 bits per heavy atom. The van der Waals surface area contributed by atoms with Gasteiger partial charge in [-0.1, -0.05) is 20.8 Å². The van der Waals surface area contributed by atoms with Gasteiger partial charge in [0.25, 0.3) is 0 Å². The highest BCUT2D eigenvalue weighted by molar-refractivity contribution is 5.78. The summed E-state index contributed by atoms with van der Waals surface area (Å²) in [7, 11) is 0. The number of hydrogen-bond acceptors (Lipinski definition) is 2. The first kappa shape index (κ1) is 19.3. The third kappa shape index (κ3) is 5.82. The molecule has 1 rings (SSSR count). The molecule has 0 aromatic carbocycles. The lowest BCUT2D eigenvalue weighted by atomic mass is 9.74. The van der Waals surface area contributed by atoms with Crippen molar-refractivity contribution in [3.8, 4) is 0 Å². The molecule has 0 radical (unpaired) electrons. The standard InChI is InChI=1S/C17H32F2N2O/c1-12(2)16(4,8-5-13(3)20)11-21-15(22)14-6-9-17(18,19)10-7-14/h12-14H,5-11,20H2,1-4H3,(H,21,22). The minimum atomic E-state index is -2.58. The average molecular weight is 318 g/mol. The van der Waals surface area contributed by atoms with Gasteiger partial charge < -0.3 is 11.1 Å². The van der Waals surface area contributed by atoms with Gasteiger partial charge in [0.2, 0.25) is 11.8 Å². The first-order chi connectivity index (χ1) is 10.1. The summed E-state index contributed by atoms with van der Waals surface area (Å²) in [4.78, 5) is 12.2. The molecule has 1 amide bonds. The molecular formula is C17H32F2N2O. The van der Waals surface area contributed by atoms with Gasteiger partial charge in [0, 0.05) is 31.3 Å². The smallest absolute Gasteiger partial charge is 0.248 e. The average Bonchev–Trinajstić information content (AvgIpc) is 2.42. The number of carbonyl (C=O) groups excluding carboxylic acids is 1. The first-order valence-corrected chi connectivity index (χ1v) is 8.47. The Labute approximate surface area is 133 Å². The fraction of sp³-hybridized carbons (Fsp3) is 0.941. The van der Waals surface area contributed by atoms with E-state index in [1.54, 1.807) is 0 Å². The van der Waals surface area contributed by atoms with Crippen LogP contribution >= 0.6 is 0 Å². The lowest BCUT2D eigenvalue weighted by molar-refractivity contribution is -0.129. The van der Waals surface area contributed by atoms with Crippen LogP contribution in [0.1, 0.15) is 66.2 Å². The van der Waals surface area contributed by atoms with E-state index in [0.29, 0.717) is 12.5 Å². The lowest BCUT2D eigenvalue weighted by Crippen LogP contribution is -2.43. The van der Waals surface area contributed by atoms with Crippen LogP contribution in [0.25, 0.3) is 0 Å². The van der Waals surface area contributed by atoms with Gasteiger partial charge in [-0.2, -0.15) is 0 Å². The van der Waals surface area contributed by atoms with Gasteiger partial charge in [0.05, 0.1) is 0 Å². The predicted octanol–water partition coefficient (Wildman–Crippen LogP) is 3.72. The molecule has 0 saturated heterocycles. The van der Waals surface area contributed by atoms with E-state index in [1.165, 1.54) is 0 Å². The summed E-state index contributed by atoms with van der Waals surface area (Å²) in [6.07, 6.45) is 2.11. The van der Waals surface area contributed by atoms with E-state index in [4.69, 9.17) is 5.73 Å². The molecule has 130 valence electrons. The molecule has 1 fully saturated rings. The number of halogens is 2. The molecule has 1 aliphatic rings. The minimum Gasteiger partial charge on any atom is -0.355 e. The van der Waals surface area contributed by atoms with Crippen LogP contribution in [0.15, 0.2) is 0 Å². The molecule has 22 heavy (non-hydrogen) atoms. The highest BCUT2D eigenvalue weighted by Crippen LogP contribution is 2.37. The predicted molar refractivity (Wildman–Crippen MR) is 85.7 cm³/mol. The fourth-order valence-corrected chi connectivity index (χ4v) is 2.87. The van der Waals surface area contributed by atoms with Gasteiger partial charge in [0.15, 0.2) is 0 Å². The lowest BCUT2D eigenvalue weighted by Gasteiger charge is -2.36. The number of hydrogen-bond donors (Lipinski definition) is 2. The number of nitrogens with two attached hydrogens (primary N) is 1. The summed E-state index contributed by atoms with van der Waals surface area (Å²) >= 11 is 0. The van der Waals surface area contributed by atoms with Crippen LogP contribution < -0.4 is 11.1 Å². The van der Waals surface area contributed by atoms with Gasteiger partial charge >= 0.3 is 0 Å². The van der Waals surface area contributed by atoms with Gasteiger partial charge in [-0.3, -0.25) is 4.79 Å². The van der Waals surface area contributed by atoms with E-state index in [-0.39, 0.29) is 49.0 Å². The van der Waals surface area contributed by atoms with Crippen molar-refractivity contribution in [2.75, 3.05) is 6.54 Å². The first-order valence-electron chi connectivity index (χ1n) is 8.47. The summed E-state index contributed by atoms with van der Waals surface area (Å²) in [6.45, 7) is 9.03. The largest absolute Gasteiger partial charge is 0.355 e. The summed E-state index contributed by atoms with van der Waals surface area (Å²) in [6, 6.07) is 0.148. The summed E-state index contributed by atoms with van der Waals surface area (Å²) < 4.78 is 26.3. The van der Waals surface area contributed by atoms with Crippen molar-refractivity contribution in [2.24, 2.45) is 23.0 Å². The number of rotatable bonds is 7. The molecule has 0 heterocycles. The Hall–Kier alpha value is -0.710. The Morgan fingerprint density at radius 1 is 1.32 bits per heavy atom. The molecule has 2 unspecified atom stereocenters. The molecule has 1 aliphatic carbocycles. The Balaban J connectivity index is 2.49. The van der Waals surface area contributed by atoms with Crippen LogP contribution in [0.3, 0.4) is 0 Å². The monoisotopic (exact) mass is 318 g/mol. The second-order valence-corrected chi connectivity index (χ2v) is 7.67. The molecule has 2 atom stereocenters. The molecule has 1 saturated carbocycles. The zero-order valence-electron chi connectivity index (χ0n) is 14.4. The van der Waals surface area contributed by atoms with Crippen LogP contribution in [0.5, 0.6) is 0 Å². The van der Waals surface area contributed by atoms with E-state index in [1.807, 2.05) is 6.92 Å². The zero-order chi connectivity index (χ0) is 17.0. The topological polar surface area (TPSA) is 55.1 Å². The second kappa shape index (κ2) is 7.71. The molecule has 3 nitrogen and oxygen atoms in total. The third-order valence-corrected chi connectivity index (χ3v) is 5.32. The number of alkyl halides is 2. The van der Waals surface area contributed by atoms with Crippen molar-refractivity contribution in [1.29, 1.82) is 0 Å². The molecule has 3 N–H and O–H groups in total. The zero-order valence-corrected chi connectivity index (χ0v) is 14.4. The van der Waals surface area contributed by atoms with E-state index >= 15 is 0 Å². The maximum atomic E-state index is 13.2. The molecule has 5 heteroatoms. The molecule has 0 aromatic heterocycles. The quantitative estimate of drug-likeness (QED) is 0.751. The van der Waals surface area contributed by atoms with Crippen molar-refractivity contribution >= 4 is 5.91 Å². The van der Waals surface area contributed by atoms with Crippen LogP contribution in [0.2, 0.25) is 0 Å². The van der Waals surface area contributed by atoms with Crippen molar-refractivity contribution < 1.29 is 13.6 Å². The van der Waals surface area contributed by atoms with Gasteiger partial charge in [-0.25, -0.2) is 8.78 Å². The summed E-state index contributed by atoms with van der Waals surface area (Å²) in [5.74, 6) is -2.49. The van der Waals surface area contributed by atoms with Crippen molar-refractivity contribution in [2.45, 2.75) is 78.2 Å².